The summed E-state index contributed by atoms with van der Waals surface area (Å²) < 4.78 is 59.3. The maximum atomic E-state index is 11.5. The van der Waals surface area contributed by atoms with Gasteiger partial charge in [0, 0.05) is 6.54 Å². The Kier molecular flexibility index (Phi) is 29.8. The van der Waals surface area contributed by atoms with Gasteiger partial charge in [-0.05, 0) is 34.9 Å². The largest absolute Gasteiger partial charge is 0.458 e. The average Bonchev–Trinajstić information content (AvgIpc) is 2.90. The van der Waals surface area contributed by atoms with E-state index in [1.165, 1.54) is 0 Å². The molecule has 0 spiro atoms. The number of carbonyl (C=O) groups is 1. The molecule has 0 unspecified atom stereocenters. The SMILES string of the molecule is CN(C)CCOCCOCCOCCOCCOCCOCCOCCOCCOCCOCC(=O)OC(C)(C)C. The highest BCUT2D eigenvalue weighted by molar-refractivity contribution is 5.71. The number of hydrogen-bond acceptors (Lipinski definition) is 13. The zero-order chi connectivity index (χ0) is 30.3. The molecule has 0 saturated carbocycles. The van der Waals surface area contributed by atoms with Crippen LogP contribution in [0.2, 0.25) is 0 Å². The van der Waals surface area contributed by atoms with Gasteiger partial charge in [0.15, 0.2) is 0 Å². The second-order valence-electron chi connectivity index (χ2n) is 9.95. The fraction of sp³-hybridized carbons (Fsp3) is 0.964. The predicted molar refractivity (Wildman–Crippen MR) is 153 cm³/mol. The Morgan fingerprint density at radius 3 is 0.927 bits per heavy atom. The van der Waals surface area contributed by atoms with Crippen molar-refractivity contribution in [3.05, 3.63) is 0 Å². The van der Waals surface area contributed by atoms with Gasteiger partial charge in [0.05, 0.1) is 126 Å². The molecule has 0 amide bonds. The Balaban J connectivity index is 3.10. The summed E-state index contributed by atoms with van der Waals surface area (Å²) >= 11 is 0. The number of esters is 1. The highest BCUT2D eigenvalue weighted by Crippen LogP contribution is 2.06. The van der Waals surface area contributed by atoms with Gasteiger partial charge in [-0.3, -0.25) is 0 Å². The molecule has 41 heavy (non-hydrogen) atoms. The maximum Gasteiger partial charge on any atom is 0.332 e. The molecule has 0 aliphatic carbocycles. The summed E-state index contributed by atoms with van der Waals surface area (Å²) in [4.78, 5) is 13.6. The summed E-state index contributed by atoms with van der Waals surface area (Å²) in [5, 5.41) is 0. The molecule has 0 heterocycles. The molecule has 0 fully saturated rings. The lowest BCUT2D eigenvalue weighted by molar-refractivity contribution is -0.160. The van der Waals surface area contributed by atoms with Crippen LogP contribution in [0.1, 0.15) is 20.8 Å². The van der Waals surface area contributed by atoms with Gasteiger partial charge in [-0.1, -0.05) is 0 Å². The minimum atomic E-state index is -0.507. The molecule has 0 aliphatic heterocycles. The van der Waals surface area contributed by atoms with Gasteiger partial charge in [-0.15, -0.1) is 0 Å². The molecule has 0 aromatic carbocycles. The number of ether oxygens (including phenoxy) is 11. The van der Waals surface area contributed by atoms with E-state index >= 15 is 0 Å². The van der Waals surface area contributed by atoms with Crippen molar-refractivity contribution in [1.82, 2.24) is 4.90 Å². The van der Waals surface area contributed by atoms with Gasteiger partial charge >= 0.3 is 5.97 Å². The van der Waals surface area contributed by atoms with E-state index in [1.807, 2.05) is 34.9 Å². The van der Waals surface area contributed by atoms with Gasteiger partial charge in [-0.2, -0.15) is 0 Å². The Bertz CT molecular complexity index is 549. The summed E-state index contributed by atoms with van der Waals surface area (Å²) in [6.07, 6.45) is 0. The van der Waals surface area contributed by atoms with E-state index in [-0.39, 0.29) is 12.6 Å². The number of likely N-dealkylation sites (N-methyl/N-ethyl adjacent to an activating group) is 1. The van der Waals surface area contributed by atoms with Crippen molar-refractivity contribution in [2.45, 2.75) is 26.4 Å². The first kappa shape index (κ1) is 40.0. The quantitative estimate of drug-likeness (QED) is 0.0810. The summed E-state index contributed by atoms with van der Waals surface area (Å²) in [5.41, 5.74) is -0.507. The fourth-order valence-corrected chi connectivity index (χ4v) is 2.75. The van der Waals surface area contributed by atoms with Crippen LogP contribution in [-0.4, -0.2) is 169 Å². The van der Waals surface area contributed by atoms with Crippen LogP contribution < -0.4 is 0 Å². The molecule has 0 aromatic rings. The Morgan fingerprint density at radius 1 is 0.439 bits per heavy atom. The molecule has 13 nitrogen and oxygen atoms in total. The maximum absolute atomic E-state index is 11.5. The monoisotopic (exact) mass is 599 g/mol. The van der Waals surface area contributed by atoms with E-state index < -0.39 is 5.60 Å². The van der Waals surface area contributed by atoms with Crippen LogP contribution in [-0.2, 0) is 56.9 Å². The molecular weight excluding hydrogens is 542 g/mol. The molecule has 0 atom stereocenters. The van der Waals surface area contributed by atoms with Crippen molar-refractivity contribution in [1.29, 1.82) is 0 Å². The Hall–Kier alpha value is -0.970. The summed E-state index contributed by atoms with van der Waals surface area (Å²) in [7, 11) is 4.03. The molecule has 0 saturated heterocycles. The minimum absolute atomic E-state index is 0.0798. The first-order chi connectivity index (χ1) is 19.8. The fourth-order valence-electron chi connectivity index (χ4n) is 2.75. The zero-order valence-corrected chi connectivity index (χ0v) is 26.2. The van der Waals surface area contributed by atoms with Crippen LogP contribution in [0.15, 0.2) is 0 Å². The van der Waals surface area contributed by atoms with Gasteiger partial charge in [0.2, 0.25) is 0 Å². The second kappa shape index (κ2) is 30.5. The molecule has 0 aliphatic rings. The lowest BCUT2D eigenvalue weighted by Gasteiger charge is -2.19. The van der Waals surface area contributed by atoms with Crippen LogP contribution in [0.3, 0.4) is 0 Å². The van der Waals surface area contributed by atoms with Crippen molar-refractivity contribution in [3.63, 3.8) is 0 Å². The highest BCUT2D eigenvalue weighted by Gasteiger charge is 2.15. The molecule has 246 valence electrons. The summed E-state index contributed by atoms with van der Waals surface area (Å²) in [6, 6.07) is 0. The van der Waals surface area contributed by atoms with E-state index in [2.05, 4.69) is 4.90 Å². The van der Waals surface area contributed by atoms with Gasteiger partial charge in [0.25, 0.3) is 0 Å². The van der Waals surface area contributed by atoms with Gasteiger partial charge < -0.3 is 57.0 Å². The lowest BCUT2D eigenvalue weighted by Crippen LogP contribution is -2.27. The van der Waals surface area contributed by atoms with Crippen molar-refractivity contribution >= 4 is 5.97 Å². The third kappa shape index (κ3) is 37.0. The van der Waals surface area contributed by atoms with Crippen LogP contribution in [0.5, 0.6) is 0 Å². The molecule has 0 rings (SSSR count). The van der Waals surface area contributed by atoms with E-state index in [0.29, 0.717) is 126 Å². The first-order valence-corrected chi connectivity index (χ1v) is 14.5. The molecule has 0 radical (unpaired) electrons. The summed E-state index contributed by atoms with van der Waals surface area (Å²) in [5.74, 6) is -0.384. The van der Waals surface area contributed by atoms with Crippen molar-refractivity contribution in [2.75, 3.05) is 153 Å². The first-order valence-electron chi connectivity index (χ1n) is 14.5. The standard InChI is InChI=1S/C28H57NO12/c1-28(2,3)41-27(30)26-40-25-24-39-23-22-38-21-20-37-19-18-36-17-16-35-15-14-34-13-12-33-11-10-32-9-8-31-7-6-29(4)5/h6-26H2,1-5H3. The highest BCUT2D eigenvalue weighted by atomic mass is 16.6. The topological polar surface area (TPSA) is 122 Å². The molecule has 13 heteroatoms. The lowest BCUT2D eigenvalue weighted by atomic mass is 10.2. The van der Waals surface area contributed by atoms with Crippen LogP contribution in [0, 0.1) is 0 Å². The smallest absolute Gasteiger partial charge is 0.332 e. The van der Waals surface area contributed by atoms with E-state index in [4.69, 9.17) is 52.1 Å². The number of nitrogens with zero attached hydrogens (tertiary/aromatic N) is 1. The molecule has 0 N–H and O–H groups in total. The Labute approximate surface area is 247 Å². The normalized spacial score (nSPS) is 12.0. The van der Waals surface area contributed by atoms with Crippen LogP contribution >= 0.6 is 0 Å². The van der Waals surface area contributed by atoms with Crippen molar-refractivity contribution < 1.29 is 56.9 Å². The molecular formula is C28H57NO12. The van der Waals surface area contributed by atoms with Crippen LogP contribution in [0.25, 0.3) is 0 Å². The number of rotatable bonds is 32. The second-order valence-corrected chi connectivity index (χ2v) is 9.95. The molecule has 0 aromatic heterocycles. The third-order valence-electron chi connectivity index (χ3n) is 4.67. The summed E-state index contributed by atoms with van der Waals surface area (Å²) in [6.45, 7) is 15.9. The van der Waals surface area contributed by atoms with Gasteiger partial charge in [-0.25, -0.2) is 4.79 Å². The number of carbonyl (C=O) groups excluding carboxylic acids is 1. The van der Waals surface area contributed by atoms with Crippen molar-refractivity contribution in [3.8, 4) is 0 Å². The van der Waals surface area contributed by atoms with Gasteiger partial charge in [0.1, 0.15) is 12.2 Å². The van der Waals surface area contributed by atoms with Crippen LogP contribution in [0.4, 0.5) is 0 Å². The minimum Gasteiger partial charge on any atom is -0.458 e. The third-order valence-corrected chi connectivity index (χ3v) is 4.67. The molecule has 0 bridgehead atoms. The predicted octanol–water partition coefficient (Wildman–Crippen LogP) is 1.06. The zero-order valence-electron chi connectivity index (χ0n) is 26.2. The van der Waals surface area contributed by atoms with Crippen molar-refractivity contribution in [2.24, 2.45) is 0 Å². The average molecular weight is 600 g/mol. The van der Waals surface area contributed by atoms with E-state index in [0.717, 1.165) is 6.54 Å². The Morgan fingerprint density at radius 2 is 0.683 bits per heavy atom. The van der Waals surface area contributed by atoms with E-state index in [9.17, 15) is 4.79 Å². The van der Waals surface area contributed by atoms with E-state index in [1.54, 1.807) is 0 Å². The number of hydrogen-bond donors (Lipinski definition) is 0.